The number of unbranched alkanes of at least 4 members (excludes halogenated alkanes) is 8. The van der Waals surface area contributed by atoms with Crippen LogP contribution in [0.25, 0.3) is 0 Å². The van der Waals surface area contributed by atoms with E-state index in [1.807, 2.05) is 6.08 Å². The molecule has 3 heteroatoms. The molecule has 0 saturated heterocycles. The van der Waals surface area contributed by atoms with Gasteiger partial charge < -0.3 is 5.11 Å². The van der Waals surface area contributed by atoms with Gasteiger partial charge in [0.15, 0.2) is 6.17 Å². The van der Waals surface area contributed by atoms with E-state index in [1.54, 1.807) is 0 Å². The standard InChI is InChI=1S/C19H37N2O/c1-3-5-6-7-8-9-10-11-12-13-14-19-20-15-16-21(19,4-2)17-18-22/h3,15,19,22H,1,4-14,16-18H2,2H3/q+1. The highest BCUT2D eigenvalue weighted by Gasteiger charge is 2.36. The molecule has 0 amide bonds. The van der Waals surface area contributed by atoms with Crippen molar-refractivity contribution in [1.82, 2.24) is 0 Å². The molecular weight excluding hydrogens is 272 g/mol. The second kappa shape index (κ2) is 11.8. The molecule has 0 aromatic carbocycles. The van der Waals surface area contributed by atoms with Gasteiger partial charge in [0.2, 0.25) is 0 Å². The summed E-state index contributed by atoms with van der Waals surface area (Å²) in [5.41, 5.74) is 0. The largest absolute Gasteiger partial charge is 0.391 e. The van der Waals surface area contributed by atoms with Crippen molar-refractivity contribution < 1.29 is 9.59 Å². The number of rotatable bonds is 14. The summed E-state index contributed by atoms with van der Waals surface area (Å²) in [6, 6.07) is 0. The molecule has 2 unspecified atom stereocenters. The molecule has 0 aromatic rings. The third-order valence-corrected chi connectivity index (χ3v) is 5.15. The van der Waals surface area contributed by atoms with E-state index in [0.29, 0.717) is 6.17 Å². The van der Waals surface area contributed by atoms with E-state index in [9.17, 15) is 5.11 Å². The Morgan fingerprint density at radius 1 is 1.14 bits per heavy atom. The molecule has 0 radical (unpaired) electrons. The predicted molar refractivity (Wildman–Crippen MR) is 96.3 cm³/mol. The zero-order chi connectivity index (χ0) is 16.1. The van der Waals surface area contributed by atoms with E-state index in [4.69, 9.17) is 0 Å². The molecule has 0 fully saturated rings. The van der Waals surface area contributed by atoms with Crippen LogP contribution in [0.4, 0.5) is 0 Å². The Kier molecular flexibility index (Phi) is 10.4. The molecule has 1 heterocycles. The number of aliphatic imine (C=N–C) groups is 1. The van der Waals surface area contributed by atoms with Crippen molar-refractivity contribution in [3.63, 3.8) is 0 Å². The van der Waals surface area contributed by atoms with Gasteiger partial charge in [-0.05, 0) is 26.2 Å². The fraction of sp³-hybridized carbons (Fsp3) is 0.842. The van der Waals surface area contributed by atoms with Crippen LogP contribution in [0, 0.1) is 0 Å². The minimum absolute atomic E-state index is 0.277. The van der Waals surface area contributed by atoms with Gasteiger partial charge in [-0.25, -0.2) is 4.99 Å². The fourth-order valence-corrected chi connectivity index (χ4v) is 3.56. The van der Waals surface area contributed by atoms with Gasteiger partial charge >= 0.3 is 0 Å². The fourth-order valence-electron chi connectivity index (χ4n) is 3.56. The van der Waals surface area contributed by atoms with Crippen molar-refractivity contribution in [2.75, 3.05) is 26.2 Å². The number of aliphatic hydroxyl groups excluding tert-OH is 1. The first-order chi connectivity index (χ1) is 10.8. The number of aliphatic hydroxyl groups is 1. The highest BCUT2D eigenvalue weighted by atomic mass is 16.3. The SMILES string of the molecule is C=CCCCCCCCCCCC1N=CC[N+]1(CC)CCO. The lowest BCUT2D eigenvalue weighted by molar-refractivity contribution is -0.936. The monoisotopic (exact) mass is 309 g/mol. The van der Waals surface area contributed by atoms with Crippen LogP contribution in [-0.2, 0) is 0 Å². The summed E-state index contributed by atoms with van der Waals surface area (Å²) >= 11 is 0. The first kappa shape index (κ1) is 19.4. The molecule has 1 N–H and O–H groups in total. The molecule has 22 heavy (non-hydrogen) atoms. The van der Waals surface area contributed by atoms with Crippen LogP contribution < -0.4 is 0 Å². The Labute approximate surface area is 137 Å². The molecule has 1 aliphatic rings. The van der Waals surface area contributed by atoms with Gasteiger partial charge in [0.1, 0.15) is 13.1 Å². The molecule has 0 aliphatic carbocycles. The minimum Gasteiger partial charge on any atom is -0.391 e. The molecule has 1 aliphatic heterocycles. The molecule has 3 nitrogen and oxygen atoms in total. The average Bonchev–Trinajstić information content (AvgIpc) is 2.93. The molecule has 0 saturated carbocycles. The minimum atomic E-state index is 0.277. The molecular formula is C19H37N2O+. The Bertz CT molecular complexity index is 317. The van der Waals surface area contributed by atoms with Crippen molar-refractivity contribution in [2.24, 2.45) is 4.99 Å². The quantitative estimate of drug-likeness (QED) is 0.289. The van der Waals surface area contributed by atoms with Gasteiger partial charge in [0, 0.05) is 6.42 Å². The highest BCUT2D eigenvalue weighted by molar-refractivity contribution is 5.60. The summed E-state index contributed by atoms with van der Waals surface area (Å²) in [5, 5.41) is 9.31. The van der Waals surface area contributed by atoms with Crippen LogP contribution in [0.5, 0.6) is 0 Å². The van der Waals surface area contributed by atoms with E-state index < -0.39 is 0 Å². The average molecular weight is 310 g/mol. The Morgan fingerprint density at radius 2 is 1.77 bits per heavy atom. The topological polar surface area (TPSA) is 32.6 Å². The second-order valence-corrected chi connectivity index (χ2v) is 6.67. The number of nitrogens with zero attached hydrogens (tertiary/aromatic N) is 2. The lowest BCUT2D eigenvalue weighted by atomic mass is 10.1. The number of hydrogen-bond donors (Lipinski definition) is 1. The summed E-state index contributed by atoms with van der Waals surface area (Å²) < 4.78 is 0.972. The Hall–Kier alpha value is -0.670. The number of quaternary nitrogens is 1. The van der Waals surface area contributed by atoms with E-state index in [1.165, 1.54) is 64.2 Å². The summed E-state index contributed by atoms with van der Waals surface area (Å²) in [6.45, 7) is 9.21. The van der Waals surface area contributed by atoms with E-state index in [2.05, 4.69) is 24.7 Å². The maximum absolute atomic E-state index is 9.31. The van der Waals surface area contributed by atoms with Gasteiger partial charge in [-0.2, -0.15) is 0 Å². The van der Waals surface area contributed by atoms with E-state index in [-0.39, 0.29) is 6.61 Å². The first-order valence-electron chi connectivity index (χ1n) is 9.38. The maximum atomic E-state index is 9.31. The van der Waals surface area contributed by atoms with Crippen molar-refractivity contribution in [1.29, 1.82) is 0 Å². The van der Waals surface area contributed by atoms with Crippen molar-refractivity contribution in [3.05, 3.63) is 12.7 Å². The van der Waals surface area contributed by atoms with Crippen molar-refractivity contribution in [2.45, 2.75) is 77.3 Å². The smallest absolute Gasteiger partial charge is 0.182 e. The lowest BCUT2D eigenvalue weighted by Crippen LogP contribution is -2.53. The lowest BCUT2D eigenvalue weighted by Gasteiger charge is -2.37. The molecule has 1 rings (SSSR count). The summed E-state index contributed by atoms with van der Waals surface area (Å²) in [7, 11) is 0. The van der Waals surface area contributed by atoms with Gasteiger partial charge in [-0.1, -0.05) is 44.6 Å². The Morgan fingerprint density at radius 3 is 2.36 bits per heavy atom. The summed E-state index contributed by atoms with van der Waals surface area (Å²) in [6.07, 6.45) is 17.7. The van der Waals surface area contributed by atoms with E-state index >= 15 is 0 Å². The van der Waals surface area contributed by atoms with Crippen LogP contribution in [0.15, 0.2) is 17.6 Å². The highest BCUT2D eigenvalue weighted by Crippen LogP contribution is 2.24. The van der Waals surface area contributed by atoms with Crippen molar-refractivity contribution >= 4 is 6.21 Å². The molecule has 0 aromatic heterocycles. The van der Waals surface area contributed by atoms with Crippen LogP contribution in [0.2, 0.25) is 0 Å². The number of hydrogen-bond acceptors (Lipinski definition) is 2. The summed E-state index contributed by atoms with van der Waals surface area (Å²) in [4.78, 5) is 4.68. The zero-order valence-corrected chi connectivity index (χ0v) is 14.7. The number of allylic oxidation sites excluding steroid dienone is 1. The van der Waals surface area contributed by atoms with Crippen LogP contribution in [0.3, 0.4) is 0 Å². The number of likely N-dealkylation sites (N-methyl/N-ethyl adjacent to an activating group) is 1. The summed E-state index contributed by atoms with van der Waals surface area (Å²) in [5.74, 6) is 0. The molecule has 128 valence electrons. The normalized spacial score (nSPS) is 24.0. The zero-order valence-electron chi connectivity index (χ0n) is 14.7. The van der Waals surface area contributed by atoms with Gasteiger partial charge in [-0.15, -0.1) is 6.58 Å². The third-order valence-electron chi connectivity index (χ3n) is 5.15. The predicted octanol–water partition coefficient (Wildman–Crippen LogP) is 4.31. The Balaban J connectivity index is 2.04. The molecule has 0 bridgehead atoms. The van der Waals surface area contributed by atoms with Crippen LogP contribution in [-0.4, -0.2) is 48.2 Å². The molecule has 0 spiro atoms. The van der Waals surface area contributed by atoms with Crippen molar-refractivity contribution in [3.8, 4) is 0 Å². The maximum Gasteiger partial charge on any atom is 0.182 e. The van der Waals surface area contributed by atoms with Gasteiger partial charge in [-0.3, -0.25) is 4.48 Å². The van der Waals surface area contributed by atoms with Crippen LogP contribution >= 0.6 is 0 Å². The van der Waals surface area contributed by atoms with Crippen LogP contribution in [0.1, 0.15) is 71.1 Å². The van der Waals surface area contributed by atoms with Gasteiger partial charge in [0.25, 0.3) is 0 Å². The molecule has 2 atom stereocenters. The van der Waals surface area contributed by atoms with E-state index in [0.717, 1.165) is 24.1 Å². The first-order valence-corrected chi connectivity index (χ1v) is 9.38. The third kappa shape index (κ3) is 6.62. The van der Waals surface area contributed by atoms with Gasteiger partial charge in [0.05, 0.1) is 19.4 Å². The second-order valence-electron chi connectivity index (χ2n) is 6.67.